The molecule has 0 radical (unpaired) electrons. The third-order valence-electron chi connectivity index (χ3n) is 9.99. The van der Waals surface area contributed by atoms with Crippen molar-refractivity contribution >= 4 is 35.8 Å². The average Bonchev–Trinajstić information content (AvgIpc) is 3.68. The van der Waals surface area contributed by atoms with E-state index in [-0.39, 0.29) is 42.3 Å². The molecule has 0 unspecified atom stereocenters. The van der Waals surface area contributed by atoms with Crippen molar-refractivity contribution < 1.29 is 23.2 Å². The van der Waals surface area contributed by atoms with Crippen molar-refractivity contribution in [2.45, 2.75) is 57.0 Å². The molecule has 1 atom stereocenters. The number of H-pyrrole nitrogens is 1. The van der Waals surface area contributed by atoms with Gasteiger partial charge in [0.2, 0.25) is 17.6 Å². The summed E-state index contributed by atoms with van der Waals surface area (Å²) in [5, 5.41) is 22.5. The van der Waals surface area contributed by atoms with Crippen molar-refractivity contribution in [3.63, 3.8) is 0 Å². The van der Waals surface area contributed by atoms with Gasteiger partial charge in [-0.05, 0) is 129 Å². The van der Waals surface area contributed by atoms with Crippen molar-refractivity contribution in [1.82, 2.24) is 36.2 Å². The number of rotatable bonds is 11. The van der Waals surface area contributed by atoms with Crippen LogP contribution in [0.2, 0.25) is 0 Å². The van der Waals surface area contributed by atoms with E-state index in [9.17, 15) is 14.4 Å². The standard InChI is InChI=1S/C37H43F2N9O3.ClH/c1-48-16-14-29(15-17-48)42-37(51)33-30(38)19-27(20-31(33)39)24-6-2-22(3-7-24)18-32(43-35(49)26-8-4-23(21-40)5-9-26)36(50)41-28-12-10-25(11-13-28)34-44-46-47-45-34;/h2-3,6-7,10-13,19-20,23,26,29,32H,4-5,8-9,14-18,21,40H2,1H3,(H,41,50)(H,42,51)(H,43,49)(H,44,45,46,47);1H/t23-,26-,32-;/m0./s1. The molecule has 15 heteroatoms. The molecule has 1 aliphatic carbocycles. The molecule has 276 valence electrons. The lowest BCUT2D eigenvalue weighted by Crippen LogP contribution is -2.48. The van der Waals surface area contributed by atoms with Crippen molar-refractivity contribution in [2.75, 3.05) is 32.0 Å². The Morgan fingerprint density at radius 3 is 2.13 bits per heavy atom. The number of amides is 3. The molecule has 3 amide bonds. The topological polar surface area (TPSA) is 171 Å². The lowest BCUT2D eigenvalue weighted by molar-refractivity contribution is -0.130. The highest BCUT2D eigenvalue weighted by Gasteiger charge is 2.30. The van der Waals surface area contributed by atoms with Crippen molar-refractivity contribution in [1.29, 1.82) is 0 Å². The van der Waals surface area contributed by atoms with Gasteiger partial charge >= 0.3 is 0 Å². The van der Waals surface area contributed by atoms with Crippen LogP contribution in [0, 0.1) is 23.5 Å². The van der Waals surface area contributed by atoms with Gasteiger partial charge in [0, 0.05) is 29.6 Å². The number of likely N-dealkylation sites (tertiary alicyclic amines) is 1. The Hall–Kier alpha value is -4.79. The number of carbonyl (C=O) groups is 3. The summed E-state index contributed by atoms with van der Waals surface area (Å²) in [6.45, 7) is 2.20. The van der Waals surface area contributed by atoms with Crippen molar-refractivity contribution in [3.8, 4) is 22.5 Å². The lowest BCUT2D eigenvalue weighted by atomic mass is 9.81. The SMILES string of the molecule is CN1CCC(NC(=O)c2c(F)cc(-c3ccc(C[C@H](NC(=O)[C@H]4CC[C@H](CN)CC4)C(=O)Nc4ccc(-c5nn[nH]n5)cc4)cc3)cc2F)CC1.Cl. The molecule has 2 aliphatic rings. The molecule has 6 rings (SSSR count). The van der Waals surface area contributed by atoms with Crippen LogP contribution >= 0.6 is 12.4 Å². The Morgan fingerprint density at radius 1 is 0.904 bits per heavy atom. The van der Waals surface area contributed by atoms with Crippen LogP contribution in [0.5, 0.6) is 0 Å². The summed E-state index contributed by atoms with van der Waals surface area (Å²) in [7, 11) is 1.99. The second-order valence-corrected chi connectivity index (χ2v) is 13.6. The molecule has 0 spiro atoms. The number of nitrogens with one attached hydrogen (secondary N) is 4. The van der Waals surface area contributed by atoms with Crippen LogP contribution in [-0.4, -0.2) is 82.0 Å². The molecule has 1 saturated carbocycles. The lowest BCUT2D eigenvalue weighted by Gasteiger charge is -2.29. The summed E-state index contributed by atoms with van der Waals surface area (Å²) in [4.78, 5) is 42.0. The maximum atomic E-state index is 15.2. The Bertz CT molecular complexity index is 1790. The van der Waals surface area contributed by atoms with E-state index in [0.29, 0.717) is 60.8 Å². The monoisotopic (exact) mass is 735 g/mol. The predicted octanol–water partition coefficient (Wildman–Crippen LogP) is 4.49. The normalized spacial score (nSPS) is 18.5. The number of nitrogens with zero attached hydrogens (tertiary/aromatic N) is 4. The highest BCUT2D eigenvalue weighted by atomic mass is 35.5. The number of benzene rings is 3. The van der Waals surface area contributed by atoms with E-state index in [1.54, 1.807) is 48.5 Å². The smallest absolute Gasteiger partial charge is 0.257 e. The van der Waals surface area contributed by atoms with Crippen LogP contribution in [0.4, 0.5) is 14.5 Å². The van der Waals surface area contributed by atoms with Crippen LogP contribution in [-0.2, 0) is 16.0 Å². The second kappa shape index (κ2) is 17.6. The first-order valence-corrected chi connectivity index (χ1v) is 17.4. The first-order valence-electron chi connectivity index (χ1n) is 17.4. The van der Waals surface area contributed by atoms with Crippen molar-refractivity contribution in [3.05, 3.63) is 83.4 Å². The number of hydrogen-bond donors (Lipinski definition) is 5. The maximum Gasteiger partial charge on any atom is 0.257 e. The van der Waals surface area contributed by atoms with Gasteiger partial charge in [0.15, 0.2) is 0 Å². The predicted molar refractivity (Wildman–Crippen MR) is 195 cm³/mol. The van der Waals surface area contributed by atoms with E-state index in [0.717, 1.165) is 43.6 Å². The van der Waals surface area contributed by atoms with Crippen molar-refractivity contribution in [2.24, 2.45) is 17.6 Å². The summed E-state index contributed by atoms with van der Waals surface area (Å²) >= 11 is 0. The molecule has 2 fully saturated rings. The van der Waals surface area contributed by atoms with E-state index >= 15 is 8.78 Å². The Kier molecular flexibility index (Phi) is 13.0. The number of halogens is 3. The van der Waals surface area contributed by atoms with E-state index in [1.807, 2.05) is 7.05 Å². The van der Waals surface area contributed by atoms with Gasteiger partial charge < -0.3 is 26.6 Å². The fourth-order valence-electron chi connectivity index (χ4n) is 6.81. The fourth-order valence-corrected chi connectivity index (χ4v) is 6.81. The molecule has 1 aliphatic heterocycles. The number of aromatic nitrogens is 4. The van der Waals surface area contributed by atoms with Crippen LogP contribution in [0.1, 0.15) is 54.4 Å². The number of tetrazole rings is 1. The van der Waals surface area contributed by atoms with Gasteiger partial charge in [0.1, 0.15) is 23.2 Å². The summed E-state index contributed by atoms with van der Waals surface area (Å²) in [6, 6.07) is 15.1. The Labute approximate surface area is 307 Å². The number of piperidine rings is 1. The third-order valence-corrected chi connectivity index (χ3v) is 9.99. The van der Waals surface area contributed by atoms with Gasteiger partial charge in [-0.15, -0.1) is 22.6 Å². The van der Waals surface area contributed by atoms with Gasteiger partial charge in [-0.2, -0.15) is 5.21 Å². The minimum atomic E-state index is -0.940. The molecule has 2 heterocycles. The quantitative estimate of drug-likeness (QED) is 0.150. The largest absolute Gasteiger partial charge is 0.349 e. The van der Waals surface area contributed by atoms with Gasteiger partial charge in [-0.1, -0.05) is 24.3 Å². The maximum absolute atomic E-state index is 15.2. The zero-order valence-corrected chi connectivity index (χ0v) is 29.7. The first-order chi connectivity index (χ1) is 24.7. The summed E-state index contributed by atoms with van der Waals surface area (Å²) in [5.41, 5.74) is 8.01. The minimum absolute atomic E-state index is 0. The van der Waals surface area contributed by atoms with E-state index in [2.05, 4.69) is 41.5 Å². The fraction of sp³-hybridized carbons (Fsp3) is 0.405. The van der Waals surface area contributed by atoms with Gasteiger partial charge in [-0.3, -0.25) is 14.4 Å². The molecule has 1 aromatic heterocycles. The average molecular weight is 736 g/mol. The third kappa shape index (κ3) is 9.55. The van der Waals surface area contributed by atoms with E-state index in [1.165, 1.54) is 0 Å². The van der Waals surface area contributed by atoms with Crippen LogP contribution in [0.25, 0.3) is 22.5 Å². The molecule has 52 heavy (non-hydrogen) atoms. The van der Waals surface area contributed by atoms with Crippen LogP contribution in [0.3, 0.4) is 0 Å². The number of aromatic amines is 1. The number of hydrogen-bond acceptors (Lipinski definition) is 8. The molecule has 3 aromatic carbocycles. The molecular weight excluding hydrogens is 692 g/mol. The molecule has 12 nitrogen and oxygen atoms in total. The molecule has 1 saturated heterocycles. The van der Waals surface area contributed by atoms with Gasteiger partial charge in [0.25, 0.3) is 5.91 Å². The van der Waals surface area contributed by atoms with Crippen LogP contribution in [0.15, 0.2) is 60.7 Å². The van der Waals surface area contributed by atoms with Crippen LogP contribution < -0.4 is 21.7 Å². The molecular formula is C37H44ClF2N9O3. The number of anilines is 1. The van der Waals surface area contributed by atoms with Gasteiger partial charge in [-0.25, -0.2) is 8.78 Å². The van der Waals surface area contributed by atoms with E-state index in [4.69, 9.17) is 5.73 Å². The Morgan fingerprint density at radius 2 is 1.54 bits per heavy atom. The minimum Gasteiger partial charge on any atom is -0.349 e. The molecule has 4 aromatic rings. The number of nitrogens with two attached hydrogens (primary N) is 1. The number of carbonyl (C=O) groups excluding carboxylic acids is 3. The second-order valence-electron chi connectivity index (χ2n) is 13.6. The highest BCUT2D eigenvalue weighted by Crippen LogP contribution is 2.29. The van der Waals surface area contributed by atoms with Gasteiger partial charge in [0.05, 0.1) is 0 Å². The Balaban J connectivity index is 0.00000523. The highest BCUT2D eigenvalue weighted by molar-refractivity contribution is 5.98. The zero-order valence-electron chi connectivity index (χ0n) is 28.9. The summed E-state index contributed by atoms with van der Waals surface area (Å²) in [5.74, 6) is -2.60. The van der Waals surface area contributed by atoms with E-state index < -0.39 is 35.1 Å². The molecule has 0 bridgehead atoms. The molecule has 6 N–H and O–H groups in total. The summed E-state index contributed by atoms with van der Waals surface area (Å²) < 4.78 is 30.4. The summed E-state index contributed by atoms with van der Waals surface area (Å²) in [6.07, 6.45) is 4.76. The zero-order chi connectivity index (χ0) is 35.9. The first kappa shape index (κ1) is 38.4.